The number of amides is 2. The molecule has 1 fully saturated rings. The SMILES string of the molecule is COc1ccc(NC(=O)[C@@H]2CC(=O)N(c3cc(C)cc(C)c3)C2)cc1. The minimum Gasteiger partial charge on any atom is -0.497 e. The molecule has 3 rings (SSSR count). The van der Waals surface area contributed by atoms with Crippen LogP contribution in [0, 0.1) is 19.8 Å². The van der Waals surface area contributed by atoms with Crippen LogP contribution >= 0.6 is 0 Å². The average Bonchev–Trinajstić information content (AvgIpc) is 2.97. The van der Waals surface area contributed by atoms with Crippen molar-refractivity contribution in [1.82, 2.24) is 0 Å². The smallest absolute Gasteiger partial charge is 0.229 e. The zero-order valence-electron chi connectivity index (χ0n) is 14.7. The number of methoxy groups -OCH3 is 1. The van der Waals surface area contributed by atoms with Crippen molar-refractivity contribution in [3.05, 3.63) is 53.6 Å². The Bertz CT molecular complexity index is 779. The van der Waals surface area contributed by atoms with E-state index in [0.717, 1.165) is 22.6 Å². The van der Waals surface area contributed by atoms with Crippen molar-refractivity contribution in [2.45, 2.75) is 20.3 Å². The summed E-state index contributed by atoms with van der Waals surface area (Å²) in [6, 6.07) is 13.2. The largest absolute Gasteiger partial charge is 0.497 e. The summed E-state index contributed by atoms with van der Waals surface area (Å²) in [5.41, 5.74) is 3.77. The van der Waals surface area contributed by atoms with Crippen LogP contribution in [0.3, 0.4) is 0 Å². The van der Waals surface area contributed by atoms with Crippen LogP contribution in [-0.4, -0.2) is 25.5 Å². The van der Waals surface area contributed by atoms with Gasteiger partial charge in [-0.2, -0.15) is 0 Å². The maximum absolute atomic E-state index is 12.5. The van der Waals surface area contributed by atoms with E-state index in [4.69, 9.17) is 4.74 Å². The highest BCUT2D eigenvalue weighted by Crippen LogP contribution is 2.28. The summed E-state index contributed by atoms with van der Waals surface area (Å²) in [7, 11) is 1.60. The van der Waals surface area contributed by atoms with Crippen LogP contribution < -0.4 is 15.0 Å². The van der Waals surface area contributed by atoms with Gasteiger partial charge in [-0.25, -0.2) is 0 Å². The molecule has 25 heavy (non-hydrogen) atoms. The molecule has 1 heterocycles. The predicted octanol–water partition coefficient (Wildman–Crippen LogP) is 3.30. The molecule has 0 bridgehead atoms. The first-order chi connectivity index (χ1) is 12.0. The molecule has 0 saturated carbocycles. The van der Waals surface area contributed by atoms with Gasteiger partial charge in [-0.1, -0.05) is 6.07 Å². The molecule has 1 saturated heterocycles. The first kappa shape index (κ1) is 17.0. The Hall–Kier alpha value is -2.82. The number of benzene rings is 2. The Balaban J connectivity index is 1.69. The van der Waals surface area contributed by atoms with Crippen molar-refractivity contribution < 1.29 is 14.3 Å². The lowest BCUT2D eigenvalue weighted by Gasteiger charge is -2.18. The van der Waals surface area contributed by atoms with Crippen LogP contribution in [0.1, 0.15) is 17.5 Å². The zero-order valence-corrected chi connectivity index (χ0v) is 14.7. The Labute approximate surface area is 147 Å². The van der Waals surface area contributed by atoms with Gasteiger partial charge in [-0.05, 0) is 61.4 Å². The molecule has 0 aromatic heterocycles. The number of aryl methyl sites for hydroxylation is 2. The van der Waals surface area contributed by atoms with Crippen molar-refractivity contribution in [3.8, 4) is 5.75 Å². The molecule has 1 aliphatic rings. The van der Waals surface area contributed by atoms with Crippen LogP contribution in [0.4, 0.5) is 11.4 Å². The molecule has 1 N–H and O–H groups in total. The van der Waals surface area contributed by atoms with Crippen molar-refractivity contribution in [2.75, 3.05) is 23.9 Å². The monoisotopic (exact) mass is 338 g/mol. The maximum atomic E-state index is 12.5. The highest BCUT2D eigenvalue weighted by Gasteiger charge is 2.35. The van der Waals surface area contributed by atoms with Crippen LogP contribution in [0.15, 0.2) is 42.5 Å². The summed E-state index contributed by atoms with van der Waals surface area (Å²) in [5.74, 6) is 0.232. The standard InChI is InChI=1S/C20H22N2O3/c1-13-8-14(2)10-17(9-13)22-12-15(11-19(22)23)20(24)21-16-4-6-18(25-3)7-5-16/h4-10,15H,11-12H2,1-3H3,(H,21,24)/t15-/m1/s1. The number of rotatable bonds is 4. The molecule has 5 heteroatoms. The third-order valence-electron chi connectivity index (χ3n) is 4.37. The van der Waals surface area contributed by atoms with Gasteiger partial charge in [-0.15, -0.1) is 0 Å². The van der Waals surface area contributed by atoms with Gasteiger partial charge in [0.25, 0.3) is 0 Å². The predicted molar refractivity (Wildman–Crippen MR) is 98.0 cm³/mol. The molecule has 2 amide bonds. The Morgan fingerprint density at radius 1 is 1.12 bits per heavy atom. The Morgan fingerprint density at radius 2 is 1.76 bits per heavy atom. The molecule has 130 valence electrons. The summed E-state index contributed by atoms with van der Waals surface area (Å²) in [6.07, 6.45) is 0.231. The number of carbonyl (C=O) groups is 2. The van der Waals surface area contributed by atoms with E-state index in [9.17, 15) is 9.59 Å². The molecular weight excluding hydrogens is 316 g/mol. The lowest BCUT2D eigenvalue weighted by Crippen LogP contribution is -2.28. The number of nitrogens with zero attached hydrogens (tertiary/aromatic N) is 1. The highest BCUT2D eigenvalue weighted by molar-refractivity contribution is 6.03. The van der Waals surface area contributed by atoms with Gasteiger partial charge in [0.1, 0.15) is 5.75 Å². The zero-order chi connectivity index (χ0) is 18.0. The number of nitrogens with one attached hydrogen (secondary N) is 1. The summed E-state index contributed by atoms with van der Waals surface area (Å²) >= 11 is 0. The van der Waals surface area contributed by atoms with E-state index in [-0.39, 0.29) is 24.2 Å². The molecule has 0 radical (unpaired) electrons. The second-order valence-electron chi connectivity index (χ2n) is 6.47. The van der Waals surface area contributed by atoms with Crippen LogP contribution in [0.25, 0.3) is 0 Å². The van der Waals surface area contributed by atoms with Crippen molar-refractivity contribution in [3.63, 3.8) is 0 Å². The molecule has 5 nitrogen and oxygen atoms in total. The summed E-state index contributed by atoms with van der Waals surface area (Å²) in [4.78, 5) is 26.6. The Morgan fingerprint density at radius 3 is 2.36 bits per heavy atom. The second kappa shape index (κ2) is 6.97. The molecule has 0 unspecified atom stereocenters. The average molecular weight is 338 g/mol. The van der Waals surface area contributed by atoms with Gasteiger partial charge in [0.05, 0.1) is 13.0 Å². The van der Waals surface area contributed by atoms with Gasteiger partial charge in [-0.3, -0.25) is 9.59 Å². The molecule has 0 aliphatic carbocycles. The van der Waals surface area contributed by atoms with Gasteiger partial charge >= 0.3 is 0 Å². The maximum Gasteiger partial charge on any atom is 0.229 e. The number of hydrogen-bond acceptors (Lipinski definition) is 3. The van der Waals surface area contributed by atoms with Crippen molar-refractivity contribution >= 4 is 23.2 Å². The van der Waals surface area contributed by atoms with E-state index < -0.39 is 0 Å². The number of hydrogen-bond donors (Lipinski definition) is 1. The molecule has 2 aromatic rings. The Kier molecular flexibility index (Phi) is 4.74. The highest BCUT2D eigenvalue weighted by atomic mass is 16.5. The molecule has 0 spiro atoms. The second-order valence-corrected chi connectivity index (χ2v) is 6.47. The minimum atomic E-state index is -0.351. The van der Waals surface area contributed by atoms with E-state index in [1.807, 2.05) is 26.0 Å². The fourth-order valence-electron chi connectivity index (χ4n) is 3.16. The van der Waals surface area contributed by atoms with Gasteiger partial charge in [0, 0.05) is 24.3 Å². The van der Waals surface area contributed by atoms with Crippen LogP contribution in [-0.2, 0) is 9.59 Å². The third kappa shape index (κ3) is 3.82. The van der Waals surface area contributed by atoms with Gasteiger partial charge in [0.2, 0.25) is 11.8 Å². The van der Waals surface area contributed by atoms with E-state index in [1.165, 1.54) is 0 Å². The molecule has 1 aliphatic heterocycles. The molecule has 1 atom stereocenters. The molecular formula is C20H22N2O3. The number of ether oxygens (including phenoxy) is 1. The van der Waals surface area contributed by atoms with Crippen molar-refractivity contribution in [2.24, 2.45) is 5.92 Å². The lowest BCUT2D eigenvalue weighted by atomic mass is 10.1. The summed E-state index contributed by atoms with van der Waals surface area (Å²) in [5, 5.41) is 2.88. The summed E-state index contributed by atoms with van der Waals surface area (Å²) in [6.45, 7) is 4.42. The fourth-order valence-corrected chi connectivity index (χ4v) is 3.16. The van der Waals surface area contributed by atoms with E-state index in [2.05, 4.69) is 11.4 Å². The normalized spacial score (nSPS) is 16.8. The topological polar surface area (TPSA) is 58.6 Å². The quantitative estimate of drug-likeness (QED) is 0.930. The van der Waals surface area contributed by atoms with E-state index in [0.29, 0.717) is 12.2 Å². The first-order valence-electron chi connectivity index (χ1n) is 8.30. The van der Waals surface area contributed by atoms with Crippen LogP contribution in [0.5, 0.6) is 5.75 Å². The number of anilines is 2. The summed E-state index contributed by atoms with van der Waals surface area (Å²) < 4.78 is 5.11. The lowest BCUT2D eigenvalue weighted by molar-refractivity contribution is -0.122. The van der Waals surface area contributed by atoms with E-state index in [1.54, 1.807) is 36.3 Å². The van der Waals surface area contributed by atoms with E-state index >= 15 is 0 Å². The minimum absolute atomic E-state index is 0.0140. The number of carbonyl (C=O) groups excluding carboxylic acids is 2. The van der Waals surface area contributed by atoms with Gasteiger partial charge < -0.3 is 15.0 Å². The third-order valence-corrected chi connectivity index (χ3v) is 4.37. The van der Waals surface area contributed by atoms with Crippen LogP contribution in [0.2, 0.25) is 0 Å². The van der Waals surface area contributed by atoms with Crippen molar-refractivity contribution in [1.29, 1.82) is 0 Å². The molecule has 2 aromatic carbocycles. The fraction of sp³-hybridized carbons (Fsp3) is 0.300. The first-order valence-corrected chi connectivity index (χ1v) is 8.30. The van der Waals surface area contributed by atoms with Gasteiger partial charge in [0.15, 0.2) is 0 Å².